The fraction of sp³-hybridized carbons (Fsp3) is 0.333. The highest BCUT2D eigenvalue weighted by molar-refractivity contribution is 5.97. The Morgan fingerprint density at radius 2 is 1.86 bits per heavy atom. The minimum atomic E-state index is -0.110. The number of carbonyl (C=O) groups excluding carboxylic acids is 1. The zero-order chi connectivity index (χ0) is 24.2. The predicted octanol–water partition coefficient (Wildman–Crippen LogP) is 3.93. The van der Waals surface area contributed by atoms with Crippen LogP contribution in [0.5, 0.6) is 0 Å². The summed E-state index contributed by atoms with van der Waals surface area (Å²) >= 11 is 0. The first-order valence-electron chi connectivity index (χ1n) is 12.1. The molecule has 0 radical (unpaired) electrons. The average Bonchev–Trinajstić information content (AvgIpc) is 3.39. The molecule has 5 rings (SSSR count). The lowest BCUT2D eigenvalue weighted by Crippen LogP contribution is -2.46. The molecule has 2 aromatic heterocycles. The summed E-state index contributed by atoms with van der Waals surface area (Å²) in [5.74, 6) is 0.713. The van der Waals surface area contributed by atoms with Crippen molar-refractivity contribution in [1.29, 1.82) is 0 Å². The first-order chi connectivity index (χ1) is 17.1. The fourth-order valence-corrected chi connectivity index (χ4v) is 4.53. The van der Waals surface area contributed by atoms with Crippen molar-refractivity contribution < 1.29 is 9.53 Å². The summed E-state index contributed by atoms with van der Waals surface area (Å²) in [6.07, 6.45) is 6.47. The molecule has 8 nitrogen and oxygen atoms in total. The zero-order valence-electron chi connectivity index (χ0n) is 20.1. The summed E-state index contributed by atoms with van der Waals surface area (Å²) in [4.78, 5) is 29.1. The van der Waals surface area contributed by atoms with E-state index in [0.29, 0.717) is 17.6 Å². The minimum Gasteiger partial charge on any atom is -0.372 e. The molecule has 1 N–H and O–H groups in total. The van der Waals surface area contributed by atoms with E-state index in [1.165, 1.54) is 0 Å². The topological polar surface area (TPSA) is 85.2 Å². The Labute approximate surface area is 205 Å². The fourth-order valence-electron chi connectivity index (χ4n) is 4.53. The molecule has 0 spiro atoms. The van der Waals surface area contributed by atoms with Crippen LogP contribution < -0.4 is 10.2 Å². The number of rotatable bonds is 7. The molecular weight excluding hydrogens is 440 g/mol. The molecule has 8 heteroatoms. The van der Waals surface area contributed by atoms with E-state index in [1.54, 1.807) is 12.5 Å². The van der Waals surface area contributed by atoms with E-state index in [0.717, 1.165) is 48.6 Å². The Bertz CT molecular complexity index is 1280. The SMILES string of the molecule is C[C@@H]1CN(c2nc3cc(C(=O)NCCCn4ccnc4)ccc3nc2-c2ccccc2)C[C@H](C)O1. The Kier molecular flexibility index (Phi) is 6.72. The maximum Gasteiger partial charge on any atom is 0.251 e. The van der Waals surface area contributed by atoms with Crippen molar-refractivity contribution in [2.24, 2.45) is 0 Å². The first-order valence-corrected chi connectivity index (χ1v) is 12.1. The molecule has 0 unspecified atom stereocenters. The number of benzene rings is 2. The summed E-state index contributed by atoms with van der Waals surface area (Å²) in [7, 11) is 0. The van der Waals surface area contributed by atoms with Crippen LogP contribution >= 0.6 is 0 Å². The van der Waals surface area contributed by atoms with Gasteiger partial charge in [-0.2, -0.15) is 0 Å². The molecule has 180 valence electrons. The monoisotopic (exact) mass is 470 g/mol. The number of aryl methyl sites for hydroxylation is 1. The van der Waals surface area contributed by atoms with Crippen LogP contribution in [0.1, 0.15) is 30.6 Å². The third-order valence-electron chi connectivity index (χ3n) is 6.11. The second-order valence-electron chi connectivity index (χ2n) is 9.04. The van der Waals surface area contributed by atoms with Crippen molar-refractivity contribution in [3.63, 3.8) is 0 Å². The molecule has 1 saturated heterocycles. The summed E-state index contributed by atoms with van der Waals surface area (Å²) in [5, 5.41) is 3.01. The van der Waals surface area contributed by atoms with Gasteiger partial charge in [-0.25, -0.2) is 15.0 Å². The third-order valence-corrected chi connectivity index (χ3v) is 6.11. The highest BCUT2D eigenvalue weighted by Crippen LogP contribution is 2.31. The number of hydrogen-bond donors (Lipinski definition) is 1. The van der Waals surface area contributed by atoms with Crippen molar-refractivity contribution in [1.82, 2.24) is 24.8 Å². The van der Waals surface area contributed by atoms with Crippen LogP contribution in [0, 0.1) is 0 Å². The van der Waals surface area contributed by atoms with Crippen LogP contribution in [-0.2, 0) is 11.3 Å². The van der Waals surface area contributed by atoms with Crippen LogP contribution in [0.2, 0.25) is 0 Å². The second-order valence-corrected chi connectivity index (χ2v) is 9.04. The second kappa shape index (κ2) is 10.2. The number of fused-ring (bicyclic) bond motifs is 1. The van der Waals surface area contributed by atoms with Crippen LogP contribution in [-0.4, -0.2) is 57.3 Å². The number of carbonyl (C=O) groups is 1. The van der Waals surface area contributed by atoms with Gasteiger partial charge in [0.1, 0.15) is 5.69 Å². The van der Waals surface area contributed by atoms with E-state index >= 15 is 0 Å². The highest BCUT2D eigenvalue weighted by Gasteiger charge is 2.26. The van der Waals surface area contributed by atoms with Crippen molar-refractivity contribution in [3.8, 4) is 11.3 Å². The van der Waals surface area contributed by atoms with Crippen molar-refractivity contribution in [3.05, 3.63) is 72.8 Å². The quantitative estimate of drug-likeness (QED) is 0.412. The predicted molar refractivity (Wildman–Crippen MR) is 136 cm³/mol. The molecule has 0 bridgehead atoms. The van der Waals surface area contributed by atoms with E-state index in [-0.39, 0.29) is 18.1 Å². The van der Waals surface area contributed by atoms with Gasteiger partial charge in [0.2, 0.25) is 0 Å². The lowest BCUT2D eigenvalue weighted by atomic mass is 10.1. The van der Waals surface area contributed by atoms with Gasteiger partial charge in [-0.15, -0.1) is 0 Å². The molecule has 1 aliphatic heterocycles. The third kappa shape index (κ3) is 5.33. The summed E-state index contributed by atoms with van der Waals surface area (Å²) in [6, 6.07) is 15.6. The minimum absolute atomic E-state index is 0.0966. The van der Waals surface area contributed by atoms with Crippen molar-refractivity contribution in [2.45, 2.75) is 39.0 Å². The average molecular weight is 471 g/mol. The molecule has 3 heterocycles. The normalized spacial score (nSPS) is 18.1. The van der Waals surface area contributed by atoms with Crippen LogP contribution in [0.15, 0.2) is 67.3 Å². The van der Waals surface area contributed by atoms with Crippen LogP contribution in [0.4, 0.5) is 5.82 Å². The molecule has 35 heavy (non-hydrogen) atoms. The molecule has 4 aromatic rings. The Hall–Kier alpha value is -3.78. The number of nitrogens with one attached hydrogen (secondary N) is 1. The number of imidazole rings is 1. The Morgan fingerprint density at radius 1 is 1.06 bits per heavy atom. The van der Waals surface area contributed by atoms with Gasteiger partial charge in [0.15, 0.2) is 5.82 Å². The van der Waals surface area contributed by atoms with E-state index < -0.39 is 0 Å². The summed E-state index contributed by atoms with van der Waals surface area (Å²) in [6.45, 7) is 7.03. The van der Waals surface area contributed by atoms with Crippen LogP contribution in [0.3, 0.4) is 0 Å². The number of morpholine rings is 1. The first kappa shape index (κ1) is 23.0. The van der Waals surface area contributed by atoms with Gasteiger partial charge < -0.3 is 19.5 Å². The molecule has 2 atom stereocenters. The van der Waals surface area contributed by atoms with Gasteiger partial charge in [-0.05, 0) is 38.5 Å². The number of hydrogen-bond acceptors (Lipinski definition) is 6. The van der Waals surface area contributed by atoms with Crippen molar-refractivity contribution >= 4 is 22.8 Å². The number of amides is 1. The molecule has 1 fully saturated rings. The molecule has 2 aromatic carbocycles. The highest BCUT2D eigenvalue weighted by atomic mass is 16.5. The van der Waals surface area contributed by atoms with Crippen LogP contribution in [0.25, 0.3) is 22.3 Å². The number of ether oxygens (including phenoxy) is 1. The van der Waals surface area contributed by atoms with Gasteiger partial charge in [0.25, 0.3) is 5.91 Å². The van der Waals surface area contributed by atoms with Gasteiger partial charge >= 0.3 is 0 Å². The number of anilines is 1. The standard InChI is InChI=1S/C27H30N6O2/c1-19-16-33(17-20(2)35-19)26-25(21-7-4-3-5-8-21)30-23-10-9-22(15-24(23)31-26)27(34)29-11-6-13-32-14-12-28-18-32/h3-5,7-10,12,14-15,18-20H,6,11,13,16-17H2,1-2H3,(H,29,34)/t19-,20+. The van der Waals surface area contributed by atoms with E-state index in [1.807, 2.05) is 47.2 Å². The smallest absolute Gasteiger partial charge is 0.251 e. The largest absolute Gasteiger partial charge is 0.372 e. The lowest BCUT2D eigenvalue weighted by Gasteiger charge is -2.36. The maximum absolute atomic E-state index is 12.8. The summed E-state index contributed by atoms with van der Waals surface area (Å²) in [5.41, 5.74) is 3.91. The Balaban J connectivity index is 1.42. The number of aromatic nitrogens is 4. The zero-order valence-corrected chi connectivity index (χ0v) is 20.1. The molecule has 0 aliphatic carbocycles. The van der Waals surface area contributed by atoms with Gasteiger partial charge in [0, 0.05) is 49.7 Å². The molecular formula is C27H30N6O2. The maximum atomic E-state index is 12.8. The van der Waals surface area contributed by atoms with Gasteiger partial charge in [-0.3, -0.25) is 4.79 Å². The Morgan fingerprint density at radius 3 is 2.60 bits per heavy atom. The van der Waals surface area contributed by atoms with Gasteiger partial charge in [-0.1, -0.05) is 30.3 Å². The molecule has 1 amide bonds. The number of nitrogens with zero attached hydrogens (tertiary/aromatic N) is 5. The van der Waals surface area contributed by atoms with E-state index in [2.05, 4.69) is 41.2 Å². The van der Waals surface area contributed by atoms with E-state index in [9.17, 15) is 4.79 Å². The molecule has 1 aliphatic rings. The van der Waals surface area contributed by atoms with E-state index in [4.69, 9.17) is 14.7 Å². The summed E-state index contributed by atoms with van der Waals surface area (Å²) < 4.78 is 7.94. The van der Waals surface area contributed by atoms with Gasteiger partial charge in [0.05, 0.1) is 29.6 Å². The van der Waals surface area contributed by atoms with Crippen molar-refractivity contribution in [2.75, 3.05) is 24.5 Å². The lowest BCUT2D eigenvalue weighted by molar-refractivity contribution is -0.00542. The molecule has 0 saturated carbocycles.